The van der Waals surface area contributed by atoms with Gasteiger partial charge in [0, 0.05) is 32.6 Å². The third-order valence-corrected chi connectivity index (χ3v) is 4.78. The Morgan fingerprint density at radius 3 is 2.31 bits per heavy atom. The number of benzene rings is 1. The molecular weight excluding hydrogens is 394 g/mol. The average Bonchev–Trinajstić information content (AvgIpc) is 2.94. The van der Waals surface area contributed by atoms with Gasteiger partial charge in [0.15, 0.2) is 0 Å². The number of carbonyl (C=O) groups excluding carboxylic acids is 2. The Balaban J connectivity index is 0.00000243. The standard InChI is InChI=1S/C16H17ClF3N3O2.ClH/c17-10-2-1-3-11(18)13(10)15(25)23-6-4-22(5-7-23)14(24)12-8-16(19,20)9-21-12;/h1-3,12,21H,4-9H2;1H. The minimum Gasteiger partial charge on any atom is -0.338 e. The van der Waals surface area contributed by atoms with Gasteiger partial charge in [-0.25, -0.2) is 13.2 Å². The van der Waals surface area contributed by atoms with Crippen LogP contribution in [0.1, 0.15) is 16.8 Å². The summed E-state index contributed by atoms with van der Waals surface area (Å²) in [6.07, 6.45) is -0.518. The lowest BCUT2D eigenvalue weighted by Gasteiger charge is -2.36. The highest BCUT2D eigenvalue weighted by atomic mass is 35.5. The molecule has 0 saturated carbocycles. The van der Waals surface area contributed by atoms with E-state index in [-0.39, 0.29) is 49.2 Å². The van der Waals surface area contributed by atoms with Crippen molar-refractivity contribution in [3.8, 4) is 0 Å². The largest absolute Gasteiger partial charge is 0.338 e. The molecule has 144 valence electrons. The molecule has 2 heterocycles. The van der Waals surface area contributed by atoms with Crippen LogP contribution in [-0.2, 0) is 4.79 Å². The molecule has 1 aromatic carbocycles. The minimum atomic E-state index is -2.88. The van der Waals surface area contributed by atoms with E-state index < -0.39 is 42.6 Å². The molecule has 1 aromatic rings. The quantitative estimate of drug-likeness (QED) is 0.811. The molecule has 26 heavy (non-hydrogen) atoms. The number of halogens is 5. The second-order valence-electron chi connectivity index (χ2n) is 6.21. The van der Waals surface area contributed by atoms with Crippen LogP contribution in [0.25, 0.3) is 0 Å². The van der Waals surface area contributed by atoms with E-state index in [1.54, 1.807) is 0 Å². The zero-order valence-electron chi connectivity index (χ0n) is 13.7. The van der Waals surface area contributed by atoms with Gasteiger partial charge in [-0.2, -0.15) is 0 Å². The Bertz CT molecular complexity index is 677. The molecule has 1 unspecified atom stereocenters. The summed E-state index contributed by atoms with van der Waals surface area (Å²) >= 11 is 5.90. The van der Waals surface area contributed by atoms with Crippen molar-refractivity contribution in [3.63, 3.8) is 0 Å². The number of alkyl halides is 2. The first kappa shape index (κ1) is 20.8. The fourth-order valence-corrected chi connectivity index (χ4v) is 3.34. The van der Waals surface area contributed by atoms with Crippen molar-refractivity contribution in [1.29, 1.82) is 0 Å². The topological polar surface area (TPSA) is 52.7 Å². The van der Waals surface area contributed by atoms with Gasteiger partial charge in [0.25, 0.3) is 11.8 Å². The zero-order valence-corrected chi connectivity index (χ0v) is 15.3. The maximum Gasteiger partial charge on any atom is 0.262 e. The lowest BCUT2D eigenvalue weighted by molar-refractivity contribution is -0.135. The van der Waals surface area contributed by atoms with E-state index in [9.17, 15) is 22.8 Å². The molecule has 0 spiro atoms. The van der Waals surface area contributed by atoms with Gasteiger partial charge in [-0.3, -0.25) is 14.9 Å². The average molecular weight is 412 g/mol. The summed E-state index contributed by atoms with van der Waals surface area (Å²) in [7, 11) is 0. The van der Waals surface area contributed by atoms with Crippen LogP contribution in [-0.4, -0.2) is 66.3 Å². The summed E-state index contributed by atoms with van der Waals surface area (Å²) in [4.78, 5) is 27.6. The lowest BCUT2D eigenvalue weighted by Crippen LogP contribution is -2.54. The summed E-state index contributed by atoms with van der Waals surface area (Å²) in [6.45, 7) is 0.297. The Morgan fingerprint density at radius 1 is 1.15 bits per heavy atom. The molecule has 0 aliphatic carbocycles. The molecule has 2 fully saturated rings. The lowest BCUT2D eigenvalue weighted by atomic mass is 10.1. The van der Waals surface area contributed by atoms with Gasteiger partial charge in [-0.05, 0) is 12.1 Å². The molecule has 2 saturated heterocycles. The van der Waals surface area contributed by atoms with Gasteiger partial charge < -0.3 is 9.80 Å². The van der Waals surface area contributed by atoms with Gasteiger partial charge in [0.2, 0.25) is 5.91 Å². The number of hydrogen-bond donors (Lipinski definition) is 1. The zero-order chi connectivity index (χ0) is 18.2. The van der Waals surface area contributed by atoms with Gasteiger partial charge >= 0.3 is 0 Å². The van der Waals surface area contributed by atoms with E-state index in [0.29, 0.717) is 0 Å². The summed E-state index contributed by atoms with van der Waals surface area (Å²) < 4.78 is 40.3. The number of carbonyl (C=O) groups is 2. The van der Waals surface area contributed by atoms with Crippen molar-refractivity contribution < 1.29 is 22.8 Å². The van der Waals surface area contributed by atoms with E-state index >= 15 is 0 Å². The molecule has 1 N–H and O–H groups in total. The Labute approximate surface area is 159 Å². The SMILES string of the molecule is Cl.O=C(c1c(F)cccc1Cl)N1CCN(C(=O)C2CC(F)(F)CN2)CC1. The molecule has 5 nitrogen and oxygen atoms in total. The van der Waals surface area contributed by atoms with Crippen LogP contribution >= 0.6 is 24.0 Å². The third-order valence-electron chi connectivity index (χ3n) is 4.46. The smallest absolute Gasteiger partial charge is 0.262 e. The van der Waals surface area contributed by atoms with E-state index in [4.69, 9.17) is 11.6 Å². The fourth-order valence-electron chi connectivity index (χ4n) is 3.10. The Kier molecular flexibility index (Phi) is 6.42. The number of amides is 2. The molecule has 3 rings (SSSR count). The summed E-state index contributed by atoms with van der Waals surface area (Å²) in [5.74, 6) is -4.51. The van der Waals surface area contributed by atoms with Crippen LogP contribution in [0.2, 0.25) is 5.02 Å². The molecule has 2 aliphatic heterocycles. The predicted octanol–water partition coefficient (Wildman–Crippen LogP) is 2.18. The van der Waals surface area contributed by atoms with Gasteiger partial charge in [0.1, 0.15) is 5.82 Å². The van der Waals surface area contributed by atoms with Crippen molar-refractivity contribution in [2.75, 3.05) is 32.7 Å². The van der Waals surface area contributed by atoms with Gasteiger partial charge in [0.05, 0.1) is 23.2 Å². The summed E-state index contributed by atoms with van der Waals surface area (Å²) in [5, 5.41) is 2.56. The molecule has 0 radical (unpaired) electrons. The summed E-state index contributed by atoms with van der Waals surface area (Å²) in [5.41, 5.74) is -0.193. The Hall–Kier alpha value is -1.51. The van der Waals surface area contributed by atoms with E-state index in [0.717, 1.165) is 6.07 Å². The van der Waals surface area contributed by atoms with Crippen LogP contribution in [0, 0.1) is 5.82 Å². The normalized spacial score (nSPS) is 22.1. The fraction of sp³-hybridized carbons (Fsp3) is 0.500. The second-order valence-corrected chi connectivity index (χ2v) is 6.61. The second kappa shape index (κ2) is 8.02. The van der Waals surface area contributed by atoms with E-state index in [2.05, 4.69) is 5.32 Å². The molecule has 2 amide bonds. The van der Waals surface area contributed by atoms with E-state index in [1.807, 2.05) is 0 Å². The highest BCUT2D eigenvalue weighted by Crippen LogP contribution is 2.26. The van der Waals surface area contributed by atoms with Crippen molar-refractivity contribution in [2.24, 2.45) is 0 Å². The monoisotopic (exact) mass is 411 g/mol. The van der Waals surface area contributed by atoms with Gasteiger partial charge in [-0.1, -0.05) is 17.7 Å². The molecule has 0 aromatic heterocycles. The third kappa shape index (κ3) is 4.24. The highest BCUT2D eigenvalue weighted by molar-refractivity contribution is 6.33. The first-order chi connectivity index (χ1) is 11.8. The van der Waals surface area contributed by atoms with E-state index in [1.165, 1.54) is 21.9 Å². The molecule has 10 heteroatoms. The first-order valence-corrected chi connectivity index (χ1v) is 8.29. The van der Waals surface area contributed by atoms with Crippen molar-refractivity contribution in [2.45, 2.75) is 18.4 Å². The van der Waals surface area contributed by atoms with Crippen LogP contribution in [0.15, 0.2) is 18.2 Å². The van der Waals surface area contributed by atoms with Gasteiger partial charge in [-0.15, -0.1) is 12.4 Å². The van der Waals surface area contributed by atoms with Crippen LogP contribution in [0.4, 0.5) is 13.2 Å². The van der Waals surface area contributed by atoms with Crippen molar-refractivity contribution in [3.05, 3.63) is 34.6 Å². The Morgan fingerprint density at radius 2 is 1.77 bits per heavy atom. The van der Waals surface area contributed by atoms with Crippen LogP contribution in [0.5, 0.6) is 0 Å². The molecular formula is C16H18Cl2F3N3O2. The number of rotatable bonds is 2. The first-order valence-electron chi connectivity index (χ1n) is 7.92. The number of nitrogens with zero attached hydrogens (tertiary/aromatic N) is 2. The van der Waals surface area contributed by atoms with Crippen molar-refractivity contribution >= 4 is 35.8 Å². The molecule has 0 bridgehead atoms. The maximum atomic E-state index is 13.9. The molecule has 1 atom stereocenters. The number of nitrogens with one attached hydrogen (secondary N) is 1. The predicted molar refractivity (Wildman–Crippen MR) is 92.5 cm³/mol. The maximum absolute atomic E-state index is 13.9. The minimum absolute atomic E-state index is 0. The van der Waals surface area contributed by atoms with Crippen molar-refractivity contribution in [1.82, 2.24) is 15.1 Å². The highest BCUT2D eigenvalue weighted by Gasteiger charge is 2.44. The number of hydrogen-bond acceptors (Lipinski definition) is 3. The number of piperazine rings is 1. The molecule has 2 aliphatic rings. The van der Waals surface area contributed by atoms with Crippen LogP contribution in [0.3, 0.4) is 0 Å². The summed E-state index contributed by atoms with van der Waals surface area (Å²) in [6, 6.07) is 3.10. The van der Waals surface area contributed by atoms with Crippen LogP contribution < -0.4 is 5.32 Å².